The molecular weight excluding hydrogens is 458 g/mol. The summed E-state index contributed by atoms with van der Waals surface area (Å²) in [5.41, 5.74) is 1.09. The van der Waals surface area contributed by atoms with E-state index in [4.69, 9.17) is 9.47 Å². The summed E-state index contributed by atoms with van der Waals surface area (Å²) in [5, 5.41) is 20.2. The third-order valence-electron chi connectivity index (χ3n) is 6.09. The molecule has 0 N–H and O–H groups in total. The summed E-state index contributed by atoms with van der Waals surface area (Å²) in [6, 6.07) is 10.4. The average molecular weight is 482 g/mol. The quantitative estimate of drug-likeness (QED) is 0.365. The number of aromatic nitrogens is 3. The minimum atomic E-state index is -0.465. The highest BCUT2D eigenvalue weighted by Crippen LogP contribution is 2.36. The Bertz CT molecular complexity index is 1240. The maximum Gasteiger partial charge on any atom is 0.284 e. The molecule has 1 aliphatic heterocycles. The van der Waals surface area contributed by atoms with E-state index in [0.717, 1.165) is 43.0 Å². The molecule has 1 amide bonds. The van der Waals surface area contributed by atoms with Gasteiger partial charge in [-0.05, 0) is 54.4 Å². The van der Waals surface area contributed by atoms with E-state index in [1.165, 1.54) is 12.4 Å². The lowest BCUT2D eigenvalue weighted by Crippen LogP contribution is -2.38. The van der Waals surface area contributed by atoms with Crippen LogP contribution in [0.5, 0.6) is 11.5 Å². The van der Waals surface area contributed by atoms with E-state index in [-0.39, 0.29) is 24.4 Å². The van der Waals surface area contributed by atoms with Gasteiger partial charge in [0.15, 0.2) is 16.7 Å². The monoisotopic (exact) mass is 481 g/mol. The minimum absolute atomic E-state index is 0.0877. The second kappa shape index (κ2) is 9.34. The normalized spacial score (nSPS) is 15.0. The number of nitrogens with zero attached hydrogens (tertiary/aromatic N) is 5. The Morgan fingerprint density at radius 3 is 2.74 bits per heavy atom. The van der Waals surface area contributed by atoms with E-state index >= 15 is 0 Å². The standard InChI is InChI=1S/C23H23N5O5S/c1-26-13-24-25-23(26)34-21-9-7-16(11-18(21)28(30)31)22(29)27(17-4-2-3-5-17)12-15-6-8-19-20(10-15)33-14-32-19/h6-11,13,17H,2-5,12,14H2,1H3. The number of hydrogen-bond donors (Lipinski definition) is 0. The first-order chi connectivity index (χ1) is 16.5. The van der Waals surface area contributed by atoms with Crippen LogP contribution in [0.2, 0.25) is 0 Å². The zero-order valence-electron chi connectivity index (χ0n) is 18.5. The predicted molar refractivity (Wildman–Crippen MR) is 123 cm³/mol. The molecule has 11 heteroatoms. The van der Waals surface area contributed by atoms with Crippen molar-refractivity contribution in [3.63, 3.8) is 0 Å². The summed E-state index contributed by atoms with van der Waals surface area (Å²) >= 11 is 1.14. The van der Waals surface area contributed by atoms with Gasteiger partial charge in [-0.15, -0.1) is 10.2 Å². The van der Waals surface area contributed by atoms with E-state index in [1.54, 1.807) is 23.7 Å². The number of ether oxygens (including phenoxy) is 2. The molecule has 0 bridgehead atoms. The lowest BCUT2D eigenvalue weighted by atomic mass is 10.1. The predicted octanol–water partition coefficient (Wildman–Crippen LogP) is 4.19. The minimum Gasteiger partial charge on any atom is -0.454 e. The number of amides is 1. The van der Waals surface area contributed by atoms with Crippen LogP contribution < -0.4 is 9.47 Å². The van der Waals surface area contributed by atoms with Crippen molar-refractivity contribution in [2.24, 2.45) is 7.05 Å². The van der Waals surface area contributed by atoms with E-state index in [9.17, 15) is 14.9 Å². The van der Waals surface area contributed by atoms with Crippen LogP contribution in [0, 0.1) is 10.1 Å². The highest BCUT2D eigenvalue weighted by Gasteiger charge is 2.30. The topological polar surface area (TPSA) is 113 Å². The number of rotatable bonds is 7. The highest BCUT2D eigenvalue weighted by atomic mass is 32.2. The van der Waals surface area contributed by atoms with E-state index < -0.39 is 4.92 Å². The van der Waals surface area contributed by atoms with E-state index in [1.807, 2.05) is 23.1 Å². The zero-order valence-corrected chi connectivity index (χ0v) is 19.4. The fourth-order valence-electron chi connectivity index (χ4n) is 4.33. The number of aryl methyl sites for hydroxylation is 1. The first-order valence-electron chi connectivity index (χ1n) is 11.0. The van der Waals surface area contributed by atoms with Crippen molar-refractivity contribution in [1.82, 2.24) is 19.7 Å². The second-order valence-corrected chi connectivity index (χ2v) is 9.33. The van der Waals surface area contributed by atoms with Gasteiger partial charge in [-0.3, -0.25) is 14.9 Å². The van der Waals surface area contributed by atoms with Crippen molar-refractivity contribution in [1.29, 1.82) is 0 Å². The Kier molecular flexibility index (Phi) is 6.10. The van der Waals surface area contributed by atoms with Gasteiger partial charge in [0.25, 0.3) is 11.6 Å². The van der Waals surface area contributed by atoms with Gasteiger partial charge in [0, 0.05) is 31.3 Å². The van der Waals surface area contributed by atoms with Crippen molar-refractivity contribution in [3.05, 3.63) is 64.0 Å². The largest absolute Gasteiger partial charge is 0.454 e. The smallest absolute Gasteiger partial charge is 0.284 e. The first-order valence-corrected chi connectivity index (χ1v) is 11.8. The maximum absolute atomic E-state index is 13.6. The Labute approximate surface area is 200 Å². The molecule has 0 unspecified atom stereocenters. The molecule has 176 valence electrons. The van der Waals surface area contributed by atoms with Crippen molar-refractivity contribution < 1.29 is 19.2 Å². The van der Waals surface area contributed by atoms with Gasteiger partial charge in [-0.25, -0.2) is 0 Å². The van der Waals surface area contributed by atoms with Crippen LogP contribution in [0.1, 0.15) is 41.6 Å². The molecule has 1 aliphatic carbocycles. The lowest BCUT2D eigenvalue weighted by Gasteiger charge is -2.29. The molecule has 0 saturated heterocycles. The van der Waals surface area contributed by atoms with Gasteiger partial charge in [0.05, 0.1) is 9.82 Å². The molecule has 0 atom stereocenters. The molecule has 5 rings (SSSR count). The number of nitro benzene ring substituents is 1. The molecule has 1 aromatic heterocycles. The summed E-state index contributed by atoms with van der Waals surface area (Å²) in [6.45, 7) is 0.579. The van der Waals surface area contributed by atoms with Crippen LogP contribution in [0.3, 0.4) is 0 Å². The molecule has 10 nitrogen and oxygen atoms in total. The van der Waals surface area contributed by atoms with Crippen LogP contribution in [0.15, 0.2) is 52.8 Å². The van der Waals surface area contributed by atoms with Crippen LogP contribution in [-0.2, 0) is 13.6 Å². The molecule has 1 fully saturated rings. The third-order valence-corrected chi connectivity index (χ3v) is 7.21. The fourth-order valence-corrected chi connectivity index (χ4v) is 5.18. The number of carbonyl (C=O) groups excluding carboxylic acids is 1. The maximum atomic E-state index is 13.6. The third kappa shape index (κ3) is 4.43. The van der Waals surface area contributed by atoms with Gasteiger partial charge >= 0.3 is 0 Å². The van der Waals surface area contributed by atoms with Crippen LogP contribution in [-0.4, -0.2) is 43.3 Å². The SMILES string of the molecule is Cn1cnnc1Sc1ccc(C(=O)N(Cc2ccc3c(c2)OCO3)C2CCCC2)cc1[N+](=O)[O-]. The van der Waals surface area contributed by atoms with Gasteiger partial charge < -0.3 is 18.9 Å². The Morgan fingerprint density at radius 2 is 2.00 bits per heavy atom. The molecular formula is C23H23N5O5S. The number of carbonyl (C=O) groups is 1. The number of fused-ring (bicyclic) bond motifs is 1. The Balaban J connectivity index is 1.44. The zero-order chi connectivity index (χ0) is 23.7. The highest BCUT2D eigenvalue weighted by molar-refractivity contribution is 7.99. The van der Waals surface area contributed by atoms with Gasteiger partial charge in [0.1, 0.15) is 6.33 Å². The summed E-state index contributed by atoms with van der Waals surface area (Å²) in [5.74, 6) is 1.13. The van der Waals surface area contributed by atoms with Gasteiger partial charge in [0.2, 0.25) is 6.79 Å². The molecule has 0 radical (unpaired) electrons. The van der Waals surface area contributed by atoms with Gasteiger partial charge in [-0.1, -0.05) is 18.9 Å². The summed E-state index contributed by atoms with van der Waals surface area (Å²) in [7, 11) is 1.77. The Hall–Kier alpha value is -3.60. The van der Waals surface area contributed by atoms with Crippen LogP contribution in [0.4, 0.5) is 5.69 Å². The van der Waals surface area contributed by atoms with Gasteiger partial charge in [-0.2, -0.15) is 0 Å². The second-order valence-electron chi connectivity index (χ2n) is 8.33. The van der Waals surface area contributed by atoms with Crippen LogP contribution in [0.25, 0.3) is 0 Å². The lowest BCUT2D eigenvalue weighted by molar-refractivity contribution is -0.387. The van der Waals surface area contributed by atoms with E-state index in [2.05, 4.69) is 10.2 Å². The molecule has 2 heterocycles. The number of nitro groups is 1. The Morgan fingerprint density at radius 1 is 1.21 bits per heavy atom. The molecule has 2 aromatic carbocycles. The number of benzene rings is 2. The van der Waals surface area contributed by atoms with E-state index in [0.29, 0.717) is 33.7 Å². The summed E-state index contributed by atoms with van der Waals surface area (Å²) in [6.07, 6.45) is 5.48. The van der Waals surface area contributed by atoms with Crippen molar-refractivity contribution in [2.75, 3.05) is 6.79 Å². The van der Waals surface area contributed by atoms with Crippen molar-refractivity contribution >= 4 is 23.4 Å². The summed E-state index contributed by atoms with van der Waals surface area (Å²) < 4.78 is 12.6. The first kappa shape index (κ1) is 22.2. The average Bonchev–Trinajstić information content (AvgIpc) is 3.60. The van der Waals surface area contributed by atoms with Crippen LogP contribution >= 0.6 is 11.8 Å². The number of hydrogen-bond acceptors (Lipinski definition) is 8. The van der Waals surface area contributed by atoms with Crippen molar-refractivity contribution in [3.8, 4) is 11.5 Å². The molecule has 3 aromatic rings. The molecule has 1 saturated carbocycles. The summed E-state index contributed by atoms with van der Waals surface area (Å²) in [4.78, 5) is 27.2. The molecule has 0 spiro atoms. The van der Waals surface area contributed by atoms with Crippen molar-refractivity contribution in [2.45, 2.75) is 48.3 Å². The molecule has 34 heavy (non-hydrogen) atoms. The molecule has 2 aliphatic rings. The fraction of sp³-hybridized carbons (Fsp3) is 0.348.